The Balaban J connectivity index is 1.78. The van der Waals surface area contributed by atoms with E-state index in [0.29, 0.717) is 5.95 Å². The maximum absolute atomic E-state index is 6.00. The molecule has 0 unspecified atom stereocenters. The maximum Gasteiger partial charge on any atom is 0.258 e. The van der Waals surface area contributed by atoms with Crippen LogP contribution in [0.4, 0.5) is 17.3 Å². The third kappa shape index (κ3) is 3.08. The number of hydrogen-bond donors (Lipinski definition) is 4. The van der Waals surface area contributed by atoms with E-state index in [1.807, 2.05) is 42.5 Å². The molecule has 0 amide bonds. The Morgan fingerprint density at radius 3 is 2.48 bits per heavy atom. The summed E-state index contributed by atoms with van der Waals surface area (Å²) in [5.74, 6) is 0.448. The van der Waals surface area contributed by atoms with Crippen LogP contribution in [0.25, 0.3) is 0 Å². The molecule has 0 aliphatic rings. The number of aromatic nitrogens is 4. The lowest BCUT2D eigenvalue weighted by atomic mass is 10.0. The molecule has 5 N–H and O–H groups in total. The number of rotatable bonds is 5. The average molecular weight is 281 g/mol. The Hall–Kier alpha value is -3.09. The van der Waals surface area contributed by atoms with Crippen molar-refractivity contribution in [3.05, 3.63) is 59.7 Å². The maximum atomic E-state index is 6.00. The Labute approximate surface area is 121 Å². The van der Waals surface area contributed by atoms with E-state index in [2.05, 4.69) is 37.5 Å². The summed E-state index contributed by atoms with van der Waals surface area (Å²) >= 11 is 0. The van der Waals surface area contributed by atoms with Crippen LogP contribution in [0.15, 0.2) is 48.5 Å². The van der Waals surface area contributed by atoms with Gasteiger partial charge in [0.2, 0.25) is 0 Å². The minimum Gasteiger partial charge on any atom is -0.398 e. The number of aromatic amines is 1. The average Bonchev–Trinajstić information content (AvgIpc) is 3.02. The topological polar surface area (TPSA) is 105 Å². The molecule has 1 aromatic heterocycles. The first-order valence-corrected chi connectivity index (χ1v) is 6.50. The minimum atomic E-state index is 0.448. The number of hydrazine groups is 1. The van der Waals surface area contributed by atoms with Crippen LogP contribution in [0, 0.1) is 0 Å². The summed E-state index contributed by atoms with van der Waals surface area (Å²) in [6.45, 7) is 0. The summed E-state index contributed by atoms with van der Waals surface area (Å²) in [6, 6.07) is 15.8. The van der Waals surface area contributed by atoms with Crippen molar-refractivity contribution in [1.82, 2.24) is 20.6 Å². The number of anilines is 3. The highest BCUT2D eigenvalue weighted by Crippen LogP contribution is 2.22. The first-order valence-electron chi connectivity index (χ1n) is 6.50. The lowest BCUT2D eigenvalue weighted by molar-refractivity contribution is 0.881. The van der Waals surface area contributed by atoms with E-state index in [9.17, 15) is 0 Å². The zero-order chi connectivity index (χ0) is 14.5. The van der Waals surface area contributed by atoms with Crippen molar-refractivity contribution in [3.63, 3.8) is 0 Å². The van der Waals surface area contributed by atoms with Gasteiger partial charge in [0.25, 0.3) is 5.95 Å². The van der Waals surface area contributed by atoms with Gasteiger partial charge in [-0.15, -0.1) is 0 Å². The summed E-state index contributed by atoms with van der Waals surface area (Å²) in [5.41, 5.74) is 15.9. The van der Waals surface area contributed by atoms with Crippen molar-refractivity contribution < 1.29 is 0 Å². The van der Waals surface area contributed by atoms with Gasteiger partial charge in [-0.1, -0.05) is 41.5 Å². The van der Waals surface area contributed by atoms with Crippen molar-refractivity contribution in [1.29, 1.82) is 0 Å². The largest absolute Gasteiger partial charge is 0.398 e. The summed E-state index contributed by atoms with van der Waals surface area (Å²) in [5, 5.41) is 13.4. The van der Waals surface area contributed by atoms with Gasteiger partial charge < -0.3 is 5.73 Å². The highest BCUT2D eigenvalue weighted by Gasteiger charge is 2.05. The number of nitrogen functional groups attached to an aromatic ring is 1. The van der Waals surface area contributed by atoms with Gasteiger partial charge in [-0.2, -0.15) is 0 Å². The van der Waals surface area contributed by atoms with Crippen molar-refractivity contribution in [2.75, 3.05) is 16.6 Å². The van der Waals surface area contributed by atoms with Crippen molar-refractivity contribution in [2.24, 2.45) is 0 Å². The second-order valence-corrected chi connectivity index (χ2v) is 4.53. The molecule has 0 saturated carbocycles. The Bertz CT molecular complexity index is 709. The monoisotopic (exact) mass is 281 g/mol. The molecule has 0 atom stereocenters. The molecule has 0 aliphatic carbocycles. The summed E-state index contributed by atoms with van der Waals surface area (Å²) in [4.78, 5) is 0. The van der Waals surface area contributed by atoms with E-state index in [0.717, 1.165) is 28.9 Å². The number of para-hydroxylation sites is 2. The van der Waals surface area contributed by atoms with Crippen LogP contribution in [0.1, 0.15) is 11.1 Å². The van der Waals surface area contributed by atoms with Gasteiger partial charge in [0.1, 0.15) is 0 Å². The highest BCUT2D eigenvalue weighted by atomic mass is 15.6. The van der Waals surface area contributed by atoms with Gasteiger partial charge in [-0.05, 0) is 33.7 Å². The summed E-state index contributed by atoms with van der Waals surface area (Å²) < 4.78 is 0. The molecule has 1 heterocycles. The number of nitrogens with one attached hydrogen (secondary N) is 3. The fraction of sp³-hybridized carbons (Fsp3) is 0.0714. The van der Waals surface area contributed by atoms with Crippen LogP contribution in [0.5, 0.6) is 0 Å². The molecule has 0 saturated heterocycles. The van der Waals surface area contributed by atoms with Gasteiger partial charge in [0, 0.05) is 12.1 Å². The van der Waals surface area contributed by atoms with E-state index in [1.165, 1.54) is 0 Å². The molecular weight excluding hydrogens is 266 g/mol. The zero-order valence-electron chi connectivity index (χ0n) is 11.2. The molecule has 0 bridgehead atoms. The van der Waals surface area contributed by atoms with Gasteiger partial charge in [-0.25, -0.2) is 5.10 Å². The highest BCUT2D eigenvalue weighted by molar-refractivity contribution is 5.57. The van der Waals surface area contributed by atoms with E-state index < -0.39 is 0 Å². The fourth-order valence-electron chi connectivity index (χ4n) is 2.04. The van der Waals surface area contributed by atoms with Crippen LogP contribution < -0.4 is 16.6 Å². The lowest BCUT2D eigenvalue weighted by Crippen LogP contribution is -2.12. The molecule has 21 heavy (non-hydrogen) atoms. The standard InChI is InChI=1S/C14H15N7/c15-12-7-3-1-5-10(12)9-11-6-2-4-8-13(11)16-17-14-18-20-21-19-14/h1-8,16H,9,15H2,(H2,17,18,19,20,21). The minimum absolute atomic E-state index is 0.448. The Morgan fingerprint density at radius 1 is 0.952 bits per heavy atom. The first-order chi connectivity index (χ1) is 10.3. The second-order valence-electron chi connectivity index (χ2n) is 4.53. The van der Waals surface area contributed by atoms with Crippen molar-refractivity contribution in [3.8, 4) is 0 Å². The second kappa shape index (κ2) is 5.91. The molecule has 0 aliphatic heterocycles. The molecule has 106 valence electrons. The molecule has 0 spiro atoms. The van der Waals surface area contributed by atoms with Crippen LogP contribution in [-0.2, 0) is 6.42 Å². The number of nitrogens with two attached hydrogens (primary N) is 1. The number of benzene rings is 2. The quantitative estimate of drug-likeness (QED) is 0.420. The van der Waals surface area contributed by atoms with E-state index in [4.69, 9.17) is 5.73 Å². The van der Waals surface area contributed by atoms with Gasteiger partial charge >= 0.3 is 0 Å². The van der Waals surface area contributed by atoms with Crippen molar-refractivity contribution in [2.45, 2.75) is 6.42 Å². The molecule has 3 rings (SSSR count). The predicted molar refractivity (Wildman–Crippen MR) is 81.5 cm³/mol. The zero-order valence-corrected chi connectivity index (χ0v) is 11.2. The first kappa shape index (κ1) is 12.9. The third-order valence-corrected chi connectivity index (χ3v) is 3.11. The SMILES string of the molecule is Nc1ccccc1Cc1ccccc1NNc1nnn[nH]1. The van der Waals surface area contributed by atoms with Crippen LogP contribution in [0.2, 0.25) is 0 Å². The van der Waals surface area contributed by atoms with E-state index in [1.54, 1.807) is 0 Å². The predicted octanol–water partition coefficient (Wildman–Crippen LogP) is 1.81. The lowest BCUT2D eigenvalue weighted by Gasteiger charge is -2.13. The van der Waals surface area contributed by atoms with E-state index in [-0.39, 0.29) is 0 Å². The summed E-state index contributed by atoms with van der Waals surface area (Å²) in [6.07, 6.45) is 0.742. The molecule has 0 radical (unpaired) electrons. The molecule has 3 aromatic rings. The molecule has 7 heteroatoms. The Kier molecular flexibility index (Phi) is 3.64. The van der Waals surface area contributed by atoms with Gasteiger partial charge in [-0.3, -0.25) is 10.9 Å². The number of H-pyrrole nitrogens is 1. The number of hydrogen-bond acceptors (Lipinski definition) is 6. The summed E-state index contributed by atoms with van der Waals surface area (Å²) in [7, 11) is 0. The van der Waals surface area contributed by atoms with Crippen LogP contribution in [-0.4, -0.2) is 20.6 Å². The molecular formula is C14H15N7. The van der Waals surface area contributed by atoms with Gasteiger partial charge in [0.15, 0.2) is 0 Å². The number of tetrazole rings is 1. The third-order valence-electron chi connectivity index (χ3n) is 3.11. The number of nitrogens with zero attached hydrogens (tertiary/aromatic N) is 3. The molecule has 2 aromatic carbocycles. The smallest absolute Gasteiger partial charge is 0.258 e. The normalized spacial score (nSPS) is 10.3. The Morgan fingerprint density at radius 2 is 1.71 bits per heavy atom. The van der Waals surface area contributed by atoms with Crippen LogP contribution >= 0.6 is 0 Å². The van der Waals surface area contributed by atoms with Crippen LogP contribution in [0.3, 0.4) is 0 Å². The fourth-order valence-corrected chi connectivity index (χ4v) is 2.04. The van der Waals surface area contributed by atoms with Gasteiger partial charge in [0.05, 0.1) is 5.69 Å². The molecule has 0 fully saturated rings. The van der Waals surface area contributed by atoms with E-state index >= 15 is 0 Å². The molecule has 7 nitrogen and oxygen atoms in total. The van der Waals surface area contributed by atoms with Crippen molar-refractivity contribution >= 4 is 17.3 Å².